The third kappa shape index (κ3) is 4.59. The SMILES string of the molecule is Cc1nc(NC(=O)Cn2c(=O)cc(C)c3cccc(C)c32)sc1C(=O)OCC(C)C. The number of para-hydroxylation sites is 1. The van der Waals surface area contributed by atoms with E-state index in [9.17, 15) is 14.4 Å². The van der Waals surface area contributed by atoms with Gasteiger partial charge < -0.3 is 10.1 Å². The van der Waals surface area contributed by atoms with Crippen LogP contribution in [0, 0.1) is 26.7 Å². The van der Waals surface area contributed by atoms with Gasteiger partial charge in [0.05, 0.1) is 17.8 Å². The largest absolute Gasteiger partial charge is 0.461 e. The molecule has 0 bridgehead atoms. The predicted octanol–water partition coefficient (Wildman–Crippen LogP) is 3.83. The Labute approximate surface area is 178 Å². The molecule has 0 atom stereocenters. The molecular weight excluding hydrogens is 402 g/mol. The third-order valence-electron chi connectivity index (χ3n) is 4.62. The quantitative estimate of drug-likeness (QED) is 0.604. The molecule has 2 aromatic heterocycles. The number of hydrogen-bond acceptors (Lipinski definition) is 6. The molecule has 2 heterocycles. The summed E-state index contributed by atoms with van der Waals surface area (Å²) in [7, 11) is 0. The summed E-state index contributed by atoms with van der Waals surface area (Å²) in [6.45, 7) is 9.57. The highest BCUT2D eigenvalue weighted by Crippen LogP contribution is 2.24. The van der Waals surface area contributed by atoms with Gasteiger partial charge >= 0.3 is 5.97 Å². The number of thiazole rings is 1. The van der Waals surface area contributed by atoms with Crippen LogP contribution < -0.4 is 10.9 Å². The summed E-state index contributed by atoms with van der Waals surface area (Å²) in [5.41, 5.74) is 2.79. The molecule has 3 aromatic rings. The van der Waals surface area contributed by atoms with Gasteiger partial charge in [0.15, 0.2) is 5.13 Å². The van der Waals surface area contributed by atoms with Crippen molar-refractivity contribution < 1.29 is 14.3 Å². The number of pyridine rings is 1. The molecule has 0 spiro atoms. The van der Waals surface area contributed by atoms with Gasteiger partial charge in [0.1, 0.15) is 11.4 Å². The highest BCUT2D eigenvalue weighted by atomic mass is 32.1. The van der Waals surface area contributed by atoms with E-state index in [2.05, 4.69) is 10.3 Å². The first-order valence-electron chi connectivity index (χ1n) is 9.71. The van der Waals surface area contributed by atoms with Gasteiger partial charge in [-0.3, -0.25) is 14.2 Å². The summed E-state index contributed by atoms with van der Waals surface area (Å²) >= 11 is 1.07. The second-order valence-electron chi connectivity index (χ2n) is 7.70. The number of nitrogens with one attached hydrogen (secondary N) is 1. The maximum atomic E-state index is 12.7. The molecule has 0 aliphatic heterocycles. The lowest BCUT2D eigenvalue weighted by Gasteiger charge is -2.13. The molecule has 8 heteroatoms. The Bertz CT molecular complexity index is 1180. The number of carbonyl (C=O) groups excluding carboxylic acids is 2. The van der Waals surface area contributed by atoms with Crippen molar-refractivity contribution in [3.8, 4) is 0 Å². The van der Waals surface area contributed by atoms with Crippen molar-refractivity contribution in [2.24, 2.45) is 5.92 Å². The maximum absolute atomic E-state index is 12.7. The van der Waals surface area contributed by atoms with Gasteiger partial charge in [0.2, 0.25) is 5.91 Å². The summed E-state index contributed by atoms with van der Waals surface area (Å²) in [6.07, 6.45) is 0. The molecule has 1 N–H and O–H groups in total. The molecule has 1 aromatic carbocycles. The summed E-state index contributed by atoms with van der Waals surface area (Å²) in [5.74, 6) is -0.607. The zero-order valence-corrected chi connectivity index (χ0v) is 18.6. The highest BCUT2D eigenvalue weighted by molar-refractivity contribution is 7.17. The van der Waals surface area contributed by atoms with E-state index in [4.69, 9.17) is 4.74 Å². The minimum Gasteiger partial charge on any atom is -0.461 e. The van der Waals surface area contributed by atoms with E-state index in [0.29, 0.717) is 22.3 Å². The summed E-state index contributed by atoms with van der Waals surface area (Å²) in [5, 5.41) is 3.93. The second kappa shape index (κ2) is 8.79. The molecule has 0 saturated carbocycles. The van der Waals surface area contributed by atoms with E-state index < -0.39 is 5.97 Å². The fraction of sp³-hybridized carbons (Fsp3) is 0.364. The Hall–Kier alpha value is -3.00. The molecule has 158 valence electrons. The monoisotopic (exact) mass is 427 g/mol. The van der Waals surface area contributed by atoms with E-state index in [1.54, 1.807) is 6.92 Å². The lowest BCUT2D eigenvalue weighted by Crippen LogP contribution is -2.28. The number of amides is 1. The lowest BCUT2D eigenvalue weighted by atomic mass is 10.1. The number of carbonyl (C=O) groups is 2. The van der Waals surface area contributed by atoms with Crippen molar-refractivity contribution in [1.82, 2.24) is 9.55 Å². The Morgan fingerprint density at radius 2 is 1.93 bits per heavy atom. The Kier molecular flexibility index (Phi) is 6.36. The molecule has 0 unspecified atom stereocenters. The van der Waals surface area contributed by atoms with Gasteiger partial charge in [-0.1, -0.05) is 43.4 Å². The zero-order valence-electron chi connectivity index (χ0n) is 17.7. The van der Waals surface area contributed by atoms with Crippen molar-refractivity contribution >= 4 is 39.2 Å². The number of fused-ring (bicyclic) bond motifs is 1. The number of nitrogens with zero attached hydrogens (tertiary/aromatic N) is 2. The molecule has 30 heavy (non-hydrogen) atoms. The number of ether oxygens (including phenoxy) is 1. The van der Waals surface area contributed by atoms with Crippen molar-refractivity contribution in [3.63, 3.8) is 0 Å². The fourth-order valence-corrected chi connectivity index (χ4v) is 4.07. The minimum absolute atomic E-state index is 0.147. The van der Waals surface area contributed by atoms with Gasteiger partial charge in [0, 0.05) is 11.5 Å². The van der Waals surface area contributed by atoms with E-state index in [1.807, 2.05) is 45.9 Å². The van der Waals surface area contributed by atoms with Crippen LogP contribution in [0.5, 0.6) is 0 Å². The van der Waals surface area contributed by atoms with Gasteiger partial charge in [-0.2, -0.15) is 0 Å². The highest BCUT2D eigenvalue weighted by Gasteiger charge is 2.19. The van der Waals surface area contributed by atoms with Crippen LogP contribution in [-0.2, 0) is 16.1 Å². The minimum atomic E-state index is -0.449. The first-order valence-corrected chi connectivity index (χ1v) is 10.5. The molecule has 1 amide bonds. The molecule has 0 radical (unpaired) electrons. The number of aromatic nitrogens is 2. The maximum Gasteiger partial charge on any atom is 0.350 e. The Balaban J connectivity index is 1.81. The predicted molar refractivity (Wildman–Crippen MR) is 118 cm³/mol. The molecule has 0 saturated heterocycles. The zero-order chi connectivity index (χ0) is 22.0. The van der Waals surface area contributed by atoms with Gasteiger partial charge in [-0.25, -0.2) is 9.78 Å². The van der Waals surface area contributed by atoms with Crippen molar-refractivity contribution in [3.05, 3.63) is 56.3 Å². The Morgan fingerprint density at radius 1 is 1.20 bits per heavy atom. The van der Waals surface area contributed by atoms with E-state index >= 15 is 0 Å². The molecule has 3 rings (SSSR count). The van der Waals surface area contributed by atoms with E-state index in [0.717, 1.165) is 33.4 Å². The van der Waals surface area contributed by atoms with Crippen LogP contribution in [0.15, 0.2) is 29.1 Å². The van der Waals surface area contributed by atoms with Gasteiger partial charge in [-0.05, 0) is 37.8 Å². The van der Waals surface area contributed by atoms with E-state index in [1.165, 1.54) is 10.6 Å². The van der Waals surface area contributed by atoms with Gasteiger partial charge in [0.25, 0.3) is 5.56 Å². The van der Waals surface area contributed by atoms with Crippen LogP contribution >= 0.6 is 11.3 Å². The molecule has 0 aliphatic rings. The van der Waals surface area contributed by atoms with Crippen LogP contribution in [0.2, 0.25) is 0 Å². The number of esters is 1. The third-order valence-corrected chi connectivity index (χ3v) is 5.67. The average molecular weight is 428 g/mol. The van der Waals surface area contributed by atoms with Crippen molar-refractivity contribution in [1.29, 1.82) is 0 Å². The van der Waals surface area contributed by atoms with Gasteiger partial charge in [-0.15, -0.1) is 0 Å². The first kappa shape index (κ1) is 21.7. The lowest BCUT2D eigenvalue weighted by molar-refractivity contribution is -0.116. The fourth-order valence-electron chi connectivity index (χ4n) is 3.19. The second-order valence-corrected chi connectivity index (χ2v) is 8.70. The van der Waals surface area contributed by atoms with Crippen molar-refractivity contribution in [2.45, 2.75) is 41.2 Å². The molecule has 0 fully saturated rings. The summed E-state index contributed by atoms with van der Waals surface area (Å²) in [6, 6.07) is 7.31. The number of rotatable bonds is 6. The smallest absolute Gasteiger partial charge is 0.350 e. The van der Waals surface area contributed by atoms with E-state index in [-0.39, 0.29) is 23.9 Å². The topological polar surface area (TPSA) is 90.3 Å². The van der Waals surface area contributed by atoms with Crippen LogP contribution in [-0.4, -0.2) is 28.0 Å². The number of hydrogen-bond donors (Lipinski definition) is 1. The van der Waals surface area contributed by atoms with Crippen LogP contribution in [0.25, 0.3) is 10.9 Å². The van der Waals surface area contributed by atoms with Crippen LogP contribution in [0.3, 0.4) is 0 Å². The Morgan fingerprint density at radius 3 is 2.63 bits per heavy atom. The molecular formula is C22H25N3O4S. The average Bonchev–Trinajstić information content (AvgIpc) is 3.03. The summed E-state index contributed by atoms with van der Waals surface area (Å²) in [4.78, 5) is 42.1. The summed E-state index contributed by atoms with van der Waals surface area (Å²) < 4.78 is 6.71. The van der Waals surface area contributed by atoms with Crippen LogP contribution in [0.1, 0.15) is 40.3 Å². The number of anilines is 1. The standard InChI is InChI=1S/C22H25N3O4S/c1-12(2)11-29-21(28)20-15(5)23-22(30-20)24-17(26)10-25-18(27)9-14(4)16-8-6-7-13(3)19(16)25/h6-9,12H,10-11H2,1-5H3,(H,23,24,26). The first-order chi connectivity index (χ1) is 14.2. The van der Waals surface area contributed by atoms with Crippen LogP contribution in [0.4, 0.5) is 5.13 Å². The van der Waals surface area contributed by atoms with Crippen molar-refractivity contribution in [2.75, 3.05) is 11.9 Å². The number of aryl methyl sites for hydroxylation is 3. The molecule has 0 aliphatic carbocycles. The normalized spacial score (nSPS) is 11.1. The number of benzene rings is 1. The molecule has 7 nitrogen and oxygen atoms in total.